The smallest absolute Gasteiger partial charge is 0.0934 e. The second kappa shape index (κ2) is 30.4. The molecule has 0 bridgehead atoms. The van der Waals surface area contributed by atoms with Gasteiger partial charge in [-0.1, -0.05) is 161 Å². The highest BCUT2D eigenvalue weighted by Crippen LogP contribution is 2.67. The van der Waals surface area contributed by atoms with Crippen LogP contribution in [-0.2, 0) is 14.2 Å². The van der Waals surface area contributed by atoms with Crippen molar-refractivity contribution < 1.29 is 14.2 Å². The van der Waals surface area contributed by atoms with Gasteiger partial charge in [0, 0.05) is 26.4 Å². The van der Waals surface area contributed by atoms with Gasteiger partial charge in [-0.05, 0) is 163 Å². The lowest BCUT2D eigenvalue weighted by atomic mass is 9.47. The number of fused-ring (bicyclic) bond motifs is 5. The van der Waals surface area contributed by atoms with Gasteiger partial charge in [-0.15, -0.1) is 0 Å². The van der Waals surface area contributed by atoms with Crippen LogP contribution in [0.4, 0.5) is 0 Å². The van der Waals surface area contributed by atoms with E-state index in [0.717, 1.165) is 81.3 Å². The average Bonchev–Trinajstić information content (AvgIpc) is 3.60. The van der Waals surface area contributed by atoms with Gasteiger partial charge in [0.05, 0.1) is 18.8 Å². The monoisotopic (exact) mass is 864 g/mol. The normalized spacial score (nSPS) is 28.5. The van der Waals surface area contributed by atoms with Crippen LogP contribution >= 0.6 is 0 Å². The highest BCUT2D eigenvalue weighted by Gasteiger charge is 2.59. The first-order valence-electron chi connectivity index (χ1n) is 27.5. The molecule has 0 aromatic carbocycles. The fraction of sp³-hybridized carbons (Fsp3) is 0.897. The van der Waals surface area contributed by atoms with E-state index < -0.39 is 0 Å². The zero-order chi connectivity index (χ0) is 44.5. The zero-order valence-corrected chi connectivity index (χ0v) is 42.7. The maximum absolute atomic E-state index is 6.61. The minimum absolute atomic E-state index is 0.173. The van der Waals surface area contributed by atoms with Crippen molar-refractivity contribution in [3.63, 3.8) is 0 Å². The molecule has 3 fully saturated rings. The molecule has 4 aliphatic rings. The van der Waals surface area contributed by atoms with Gasteiger partial charge in [0.1, 0.15) is 0 Å². The lowest BCUT2D eigenvalue weighted by Crippen LogP contribution is -2.51. The Morgan fingerprint density at radius 2 is 1.35 bits per heavy atom. The predicted molar refractivity (Wildman–Crippen MR) is 269 cm³/mol. The molecule has 4 rings (SSSR count). The second-order valence-electron chi connectivity index (χ2n) is 22.6. The van der Waals surface area contributed by atoms with Crippen LogP contribution in [0, 0.1) is 46.3 Å². The standard InChI is InChI=1S/C58H105NO3/c1-9-10-11-12-13-14-15-16-17-18-19-20-21-22-25-28-42-60-47-52(46-59(7)8)62-44-30-27-24-23-26-29-43-61-51-38-40-57(5)50(45-51)34-35-53-55-37-36-54(49(4)33-31-32-48(2)3)58(55,6)41-39-56(53)57/h13-14,16-17,34,48-49,51-56H,9-12,15,18-33,35-47H2,1-8H3/t49-,51+,52-,53+,54-,55+,56+,57+,58-/m1/s1. The molecule has 0 amide bonds. The summed E-state index contributed by atoms with van der Waals surface area (Å²) in [5.74, 6) is 5.49. The van der Waals surface area contributed by atoms with Crippen LogP contribution in [0.15, 0.2) is 36.0 Å². The fourth-order valence-corrected chi connectivity index (χ4v) is 13.2. The molecule has 0 radical (unpaired) electrons. The van der Waals surface area contributed by atoms with Crippen LogP contribution in [0.3, 0.4) is 0 Å². The van der Waals surface area contributed by atoms with Gasteiger partial charge < -0.3 is 19.1 Å². The van der Waals surface area contributed by atoms with Crippen molar-refractivity contribution >= 4 is 0 Å². The van der Waals surface area contributed by atoms with Gasteiger partial charge in [0.2, 0.25) is 0 Å². The number of unbranched alkanes of at least 4 members (excludes halogenated alkanes) is 14. The highest BCUT2D eigenvalue weighted by molar-refractivity contribution is 5.25. The minimum atomic E-state index is 0.173. The number of likely N-dealkylation sites (N-methyl/N-ethyl adjacent to an activating group) is 1. The summed E-state index contributed by atoms with van der Waals surface area (Å²) < 4.78 is 19.0. The van der Waals surface area contributed by atoms with E-state index >= 15 is 0 Å². The summed E-state index contributed by atoms with van der Waals surface area (Å²) in [7, 11) is 4.28. The molecule has 4 aliphatic carbocycles. The molecule has 0 heterocycles. The molecule has 360 valence electrons. The first-order chi connectivity index (χ1) is 30.1. The fourth-order valence-electron chi connectivity index (χ4n) is 13.2. The number of rotatable bonds is 35. The molecule has 0 aliphatic heterocycles. The van der Waals surface area contributed by atoms with Gasteiger partial charge in [-0.2, -0.15) is 0 Å². The van der Waals surface area contributed by atoms with Crippen molar-refractivity contribution in [3.8, 4) is 0 Å². The Balaban J connectivity index is 0.980. The lowest BCUT2D eigenvalue weighted by Gasteiger charge is -2.58. The number of hydrogen-bond acceptors (Lipinski definition) is 4. The molecular weight excluding hydrogens is 759 g/mol. The minimum Gasteiger partial charge on any atom is -0.379 e. The van der Waals surface area contributed by atoms with Crippen LogP contribution in [0.25, 0.3) is 0 Å². The molecule has 0 spiro atoms. The van der Waals surface area contributed by atoms with Crippen molar-refractivity contribution in [2.24, 2.45) is 46.3 Å². The Hall–Kier alpha value is -0.940. The van der Waals surface area contributed by atoms with E-state index in [-0.39, 0.29) is 6.10 Å². The lowest BCUT2D eigenvalue weighted by molar-refractivity contribution is -0.0641. The van der Waals surface area contributed by atoms with E-state index in [1.807, 2.05) is 0 Å². The first-order valence-corrected chi connectivity index (χ1v) is 27.5. The summed E-state index contributed by atoms with van der Waals surface area (Å²) in [6, 6.07) is 0. The van der Waals surface area contributed by atoms with Crippen molar-refractivity contribution in [2.45, 2.75) is 240 Å². The molecule has 4 heteroatoms. The van der Waals surface area contributed by atoms with Gasteiger partial charge in [0.15, 0.2) is 0 Å². The van der Waals surface area contributed by atoms with Crippen LogP contribution < -0.4 is 0 Å². The Kier molecular flexibility index (Phi) is 26.3. The average molecular weight is 864 g/mol. The SMILES string of the molecule is CCCCCC=CCC=CCCCCCCCCOC[C@@H](CN(C)C)OCCCCCCCCO[C@H]1CC[C@@]2(C)C(=CC[C@H]3[C@@H]4CC[C@H]([C@H](C)CCCC(C)C)[C@@]4(C)CC[C@@H]32)C1. The van der Waals surface area contributed by atoms with E-state index in [9.17, 15) is 0 Å². The summed E-state index contributed by atoms with van der Waals surface area (Å²) in [4.78, 5) is 2.23. The Bertz CT molecular complexity index is 1240. The zero-order valence-electron chi connectivity index (χ0n) is 42.7. The Labute approximate surface area is 387 Å². The first kappa shape index (κ1) is 53.7. The van der Waals surface area contributed by atoms with Crippen molar-refractivity contribution in [1.82, 2.24) is 4.90 Å². The third kappa shape index (κ3) is 18.4. The quantitative estimate of drug-likeness (QED) is 0.0469. The van der Waals surface area contributed by atoms with Crippen molar-refractivity contribution in [3.05, 3.63) is 36.0 Å². The van der Waals surface area contributed by atoms with Crippen LogP contribution in [-0.4, -0.2) is 64.2 Å². The number of hydrogen-bond donors (Lipinski definition) is 0. The summed E-state index contributed by atoms with van der Waals surface area (Å²) in [6.07, 6.45) is 51.1. The number of nitrogens with zero attached hydrogens (tertiary/aromatic N) is 1. The molecule has 4 nitrogen and oxygen atoms in total. The van der Waals surface area contributed by atoms with E-state index in [4.69, 9.17) is 14.2 Å². The molecular formula is C58H105NO3. The molecule has 0 aromatic heterocycles. The van der Waals surface area contributed by atoms with E-state index in [1.54, 1.807) is 5.57 Å². The summed E-state index contributed by atoms with van der Waals surface area (Å²) in [6.45, 7) is 19.4. The Morgan fingerprint density at radius 3 is 2.05 bits per heavy atom. The molecule has 0 saturated heterocycles. The van der Waals surface area contributed by atoms with E-state index in [0.29, 0.717) is 16.9 Å². The van der Waals surface area contributed by atoms with Crippen LogP contribution in [0.1, 0.15) is 228 Å². The third-order valence-corrected chi connectivity index (χ3v) is 16.9. The topological polar surface area (TPSA) is 30.9 Å². The largest absolute Gasteiger partial charge is 0.379 e. The number of ether oxygens (including phenoxy) is 3. The van der Waals surface area contributed by atoms with Gasteiger partial charge in [-0.25, -0.2) is 0 Å². The maximum Gasteiger partial charge on any atom is 0.0934 e. The Morgan fingerprint density at radius 1 is 0.694 bits per heavy atom. The third-order valence-electron chi connectivity index (χ3n) is 16.9. The van der Waals surface area contributed by atoms with Gasteiger partial charge in [0.25, 0.3) is 0 Å². The van der Waals surface area contributed by atoms with Gasteiger partial charge in [-0.3, -0.25) is 0 Å². The van der Waals surface area contributed by atoms with Gasteiger partial charge >= 0.3 is 0 Å². The van der Waals surface area contributed by atoms with E-state index in [1.165, 1.54) is 173 Å². The maximum atomic E-state index is 6.61. The molecule has 3 saturated carbocycles. The van der Waals surface area contributed by atoms with Crippen molar-refractivity contribution in [1.29, 1.82) is 0 Å². The molecule has 0 aromatic rings. The van der Waals surface area contributed by atoms with Crippen LogP contribution in [0.5, 0.6) is 0 Å². The second-order valence-corrected chi connectivity index (χ2v) is 22.6. The predicted octanol–water partition coefficient (Wildman–Crippen LogP) is 16.5. The summed E-state index contributed by atoms with van der Waals surface area (Å²) >= 11 is 0. The van der Waals surface area contributed by atoms with Crippen molar-refractivity contribution in [2.75, 3.05) is 47.1 Å². The van der Waals surface area contributed by atoms with E-state index in [2.05, 4.69) is 90.9 Å². The number of allylic oxidation sites excluding steroid dienone is 5. The summed E-state index contributed by atoms with van der Waals surface area (Å²) in [5, 5.41) is 0. The molecule has 9 atom stereocenters. The summed E-state index contributed by atoms with van der Waals surface area (Å²) in [5.41, 5.74) is 2.79. The van der Waals surface area contributed by atoms with Crippen LogP contribution in [0.2, 0.25) is 0 Å². The molecule has 0 unspecified atom stereocenters. The molecule has 62 heavy (non-hydrogen) atoms. The highest BCUT2D eigenvalue weighted by atomic mass is 16.5. The molecule has 0 N–H and O–H groups in total.